The van der Waals surface area contributed by atoms with E-state index in [0.29, 0.717) is 22.8 Å². The Hall–Kier alpha value is -2.23. The van der Waals surface area contributed by atoms with E-state index in [-0.39, 0.29) is 5.56 Å². The van der Waals surface area contributed by atoms with Crippen LogP contribution in [0, 0.1) is 0 Å². The van der Waals surface area contributed by atoms with Gasteiger partial charge in [-0.2, -0.15) is 0 Å². The molecule has 1 heterocycles. The van der Waals surface area contributed by atoms with Crippen molar-refractivity contribution >= 4 is 23.2 Å². The van der Waals surface area contributed by atoms with Crippen molar-refractivity contribution < 1.29 is 14.7 Å². The molecule has 2 rings (SSSR count). The van der Waals surface area contributed by atoms with Gasteiger partial charge < -0.3 is 5.11 Å². The number of carboxylic acids is 1. The molecule has 0 atom stereocenters. The average molecular weight is 201 g/mol. The number of aromatic carboxylic acids is 1. The van der Waals surface area contributed by atoms with Crippen molar-refractivity contribution in [2.24, 2.45) is 0 Å². The molecule has 4 heteroatoms. The Morgan fingerprint density at radius 3 is 2.80 bits per heavy atom. The largest absolute Gasteiger partial charge is 0.478 e. The molecule has 74 valence electrons. The van der Waals surface area contributed by atoms with Crippen molar-refractivity contribution in [1.82, 2.24) is 4.98 Å². The fraction of sp³-hybridized carbons (Fsp3) is 0. The predicted octanol–water partition coefficient (Wildman–Crippen LogP) is 1.75. The highest BCUT2D eigenvalue weighted by Crippen LogP contribution is 2.19. The summed E-state index contributed by atoms with van der Waals surface area (Å²) < 4.78 is 0. The van der Waals surface area contributed by atoms with Crippen molar-refractivity contribution in [3.63, 3.8) is 0 Å². The van der Waals surface area contributed by atoms with Gasteiger partial charge in [0.25, 0.3) is 0 Å². The second kappa shape index (κ2) is 3.49. The Morgan fingerprint density at radius 2 is 2.13 bits per heavy atom. The quantitative estimate of drug-likeness (QED) is 0.751. The molecular weight excluding hydrogens is 194 g/mol. The summed E-state index contributed by atoms with van der Waals surface area (Å²) in [5.41, 5.74) is 0.978. The summed E-state index contributed by atoms with van der Waals surface area (Å²) in [4.78, 5) is 25.6. The molecule has 1 N–H and O–H groups in total. The van der Waals surface area contributed by atoms with Crippen LogP contribution in [0.4, 0.5) is 0 Å². The third-order valence-electron chi connectivity index (χ3n) is 2.16. The molecule has 0 bridgehead atoms. The van der Waals surface area contributed by atoms with Gasteiger partial charge in [0.05, 0.1) is 11.1 Å². The van der Waals surface area contributed by atoms with Crippen LogP contribution in [0.2, 0.25) is 0 Å². The zero-order valence-electron chi connectivity index (χ0n) is 7.68. The number of aromatic nitrogens is 1. The molecule has 15 heavy (non-hydrogen) atoms. The Labute approximate surface area is 85.2 Å². The number of carbonyl (C=O) groups is 2. The first kappa shape index (κ1) is 9.33. The minimum absolute atomic E-state index is 0.156. The molecule has 2 aromatic rings. The fourth-order valence-electron chi connectivity index (χ4n) is 1.48. The first-order valence-corrected chi connectivity index (χ1v) is 4.30. The van der Waals surface area contributed by atoms with Gasteiger partial charge in [-0.1, -0.05) is 6.07 Å². The van der Waals surface area contributed by atoms with Gasteiger partial charge >= 0.3 is 5.97 Å². The Morgan fingerprint density at radius 1 is 1.33 bits per heavy atom. The molecule has 1 aromatic carbocycles. The number of hydrogen-bond donors (Lipinski definition) is 1. The standard InChI is InChI=1S/C11H7NO3/c13-6-7-3-4-9(11(14)15)8-2-1-5-12-10(7)8/h1-6H,(H,14,15). The molecular formula is C11H7NO3. The molecule has 0 fully saturated rings. The monoisotopic (exact) mass is 201 g/mol. The fourth-order valence-corrected chi connectivity index (χ4v) is 1.48. The summed E-state index contributed by atoms with van der Waals surface area (Å²) >= 11 is 0. The van der Waals surface area contributed by atoms with E-state index in [1.165, 1.54) is 18.3 Å². The first-order valence-electron chi connectivity index (χ1n) is 4.30. The van der Waals surface area contributed by atoms with Crippen LogP contribution >= 0.6 is 0 Å². The molecule has 4 nitrogen and oxygen atoms in total. The lowest BCUT2D eigenvalue weighted by molar-refractivity contribution is 0.0698. The van der Waals surface area contributed by atoms with Crippen LogP contribution in [0.25, 0.3) is 10.9 Å². The highest BCUT2D eigenvalue weighted by molar-refractivity contribution is 6.07. The molecule has 0 saturated carbocycles. The number of fused-ring (bicyclic) bond motifs is 1. The maximum atomic E-state index is 10.9. The number of carbonyl (C=O) groups excluding carboxylic acids is 1. The average Bonchev–Trinajstić information content (AvgIpc) is 2.27. The van der Waals surface area contributed by atoms with Gasteiger partial charge in [-0.3, -0.25) is 9.78 Å². The summed E-state index contributed by atoms with van der Waals surface area (Å²) in [6, 6.07) is 6.16. The van der Waals surface area contributed by atoms with Crippen LogP contribution in [0.15, 0.2) is 30.5 Å². The Kier molecular flexibility index (Phi) is 2.17. The Bertz CT molecular complexity index is 549. The van der Waals surface area contributed by atoms with E-state index in [4.69, 9.17) is 5.11 Å². The molecule has 0 unspecified atom stereocenters. The van der Waals surface area contributed by atoms with E-state index < -0.39 is 5.97 Å². The zero-order chi connectivity index (χ0) is 10.8. The summed E-state index contributed by atoms with van der Waals surface area (Å²) in [6.07, 6.45) is 2.20. The topological polar surface area (TPSA) is 67.3 Å². The van der Waals surface area contributed by atoms with Crippen LogP contribution in [0.1, 0.15) is 20.7 Å². The van der Waals surface area contributed by atoms with E-state index in [1.807, 2.05) is 0 Å². The van der Waals surface area contributed by atoms with E-state index in [1.54, 1.807) is 12.1 Å². The van der Waals surface area contributed by atoms with Gasteiger partial charge in [0.2, 0.25) is 0 Å². The van der Waals surface area contributed by atoms with Crippen molar-refractivity contribution in [2.75, 3.05) is 0 Å². The van der Waals surface area contributed by atoms with E-state index in [9.17, 15) is 9.59 Å². The van der Waals surface area contributed by atoms with Crippen LogP contribution in [0.3, 0.4) is 0 Å². The molecule has 0 aliphatic rings. The molecule has 0 amide bonds. The lowest BCUT2D eigenvalue weighted by Gasteiger charge is -2.02. The number of aldehydes is 1. The third-order valence-corrected chi connectivity index (χ3v) is 2.16. The predicted molar refractivity (Wildman–Crippen MR) is 54.1 cm³/mol. The molecule has 0 aliphatic heterocycles. The third kappa shape index (κ3) is 1.46. The lowest BCUT2D eigenvalue weighted by atomic mass is 10.0. The van der Waals surface area contributed by atoms with E-state index >= 15 is 0 Å². The highest BCUT2D eigenvalue weighted by atomic mass is 16.4. The second-order valence-electron chi connectivity index (χ2n) is 3.02. The van der Waals surface area contributed by atoms with Crippen molar-refractivity contribution in [3.05, 3.63) is 41.6 Å². The van der Waals surface area contributed by atoms with Gasteiger partial charge in [-0.05, 0) is 18.2 Å². The van der Waals surface area contributed by atoms with Crippen molar-refractivity contribution in [2.45, 2.75) is 0 Å². The van der Waals surface area contributed by atoms with Gasteiger partial charge in [0.1, 0.15) is 0 Å². The van der Waals surface area contributed by atoms with Crippen LogP contribution in [-0.2, 0) is 0 Å². The molecule has 1 aromatic heterocycles. The summed E-state index contributed by atoms with van der Waals surface area (Å²) in [6.45, 7) is 0. The smallest absolute Gasteiger partial charge is 0.336 e. The molecule has 0 spiro atoms. The van der Waals surface area contributed by atoms with Crippen molar-refractivity contribution in [1.29, 1.82) is 0 Å². The van der Waals surface area contributed by atoms with Crippen LogP contribution in [-0.4, -0.2) is 22.3 Å². The molecule has 0 aliphatic carbocycles. The van der Waals surface area contributed by atoms with Gasteiger partial charge in [0.15, 0.2) is 6.29 Å². The van der Waals surface area contributed by atoms with E-state index in [0.717, 1.165) is 0 Å². The zero-order valence-corrected chi connectivity index (χ0v) is 7.68. The summed E-state index contributed by atoms with van der Waals surface area (Å²) in [5, 5.41) is 9.41. The minimum atomic E-state index is -1.02. The normalized spacial score (nSPS) is 10.1. The van der Waals surface area contributed by atoms with Crippen LogP contribution < -0.4 is 0 Å². The number of nitrogens with zero attached hydrogens (tertiary/aromatic N) is 1. The first-order chi connectivity index (χ1) is 7.24. The number of pyridine rings is 1. The second-order valence-corrected chi connectivity index (χ2v) is 3.02. The molecule has 0 radical (unpaired) electrons. The number of benzene rings is 1. The van der Waals surface area contributed by atoms with Gasteiger partial charge in [0, 0.05) is 17.1 Å². The lowest BCUT2D eigenvalue weighted by Crippen LogP contribution is -1.99. The number of rotatable bonds is 2. The Balaban J connectivity index is 2.89. The van der Waals surface area contributed by atoms with E-state index in [2.05, 4.69) is 4.98 Å². The number of hydrogen-bond acceptors (Lipinski definition) is 3. The van der Waals surface area contributed by atoms with Gasteiger partial charge in [-0.15, -0.1) is 0 Å². The minimum Gasteiger partial charge on any atom is -0.478 e. The van der Waals surface area contributed by atoms with Gasteiger partial charge in [-0.25, -0.2) is 4.79 Å². The maximum absolute atomic E-state index is 10.9. The summed E-state index contributed by atoms with van der Waals surface area (Å²) in [5.74, 6) is -1.02. The van der Waals surface area contributed by atoms with Crippen molar-refractivity contribution in [3.8, 4) is 0 Å². The summed E-state index contributed by atoms with van der Waals surface area (Å²) in [7, 11) is 0. The molecule has 0 saturated heterocycles. The highest BCUT2D eigenvalue weighted by Gasteiger charge is 2.10. The number of carboxylic acid groups (broad SMARTS) is 1. The SMILES string of the molecule is O=Cc1ccc(C(=O)O)c2cccnc12. The van der Waals surface area contributed by atoms with Crippen LogP contribution in [0.5, 0.6) is 0 Å². The maximum Gasteiger partial charge on any atom is 0.336 e.